The maximum absolute atomic E-state index is 13.9. The maximum atomic E-state index is 13.9. The van der Waals surface area contributed by atoms with Gasteiger partial charge >= 0.3 is 47.9 Å². The number of alkyl halides is 14. The first-order chi connectivity index (χ1) is 16.5. The predicted octanol–water partition coefficient (Wildman–Crippen LogP) is 4.73. The lowest BCUT2D eigenvalue weighted by molar-refractivity contribution is -0.410. The summed E-state index contributed by atoms with van der Waals surface area (Å²) in [6, 6.07) is 0. The van der Waals surface area contributed by atoms with Crippen molar-refractivity contribution >= 4 is 5.97 Å². The second kappa shape index (κ2) is 11.6. The van der Waals surface area contributed by atoms with E-state index in [2.05, 4.69) is 4.74 Å². The smallest absolute Gasteiger partial charge is 0.384 e. The van der Waals surface area contributed by atoms with E-state index in [1.807, 2.05) is 0 Å². The number of halogens is 14. The molecule has 0 amide bonds. The minimum Gasteiger partial charge on any atom is -0.459 e. The van der Waals surface area contributed by atoms with Crippen LogP contribution in [0.1, 0.15) is 13.3 Å². The number of hydrogen-bond acceptors (Lipinski definition) is 5. The number of morpholine rings is 1. The number of carbonyl (C=O) groups excluding carboxylic acids is 1. The molecule has 0 aliphatic carbocycles. The Morgan fingerprint density at radius 2 is 1.32 bits per heavy atom. The Labute approximate surface area is 200 Å². The molecule has 37 heavy (non-hydrogen) atoms. The topological polar surface area (TPSA) is 48.0 Å². The zero-order valence-electron chi connectivity index (χ0n) is 18.7. The van der Waals surface area contributed by atoms with Crippen LogP contribution in [0.15, 0.2) is 0 Å². The Balaban J connectivity index is 3.03. The fraction of sp³-hybridized carbons (Fsp3) is 0.944. The third kappa shape index (κ3) is 7.48. The van der Waals surface area contributed by atoms with Crippen molar-refractivity contribution in [2.24, 2.45) is 0 Å². The van der Waals surface area contributed by atoms with Gasteiger partial charge in [0.2, 0.25) is 0 Å². The van der Waals surface area contributed by atoms with Gasteiger partial charge in [0, 0.05) is 26.6 Å². The van der Waals surface area contributed by atoms with E-state index in [0.717, 1.165) is 6.92 Å². The number of esters is 1. The summed E-state index contributed by atoms with van der Waals surface area (Å²) in [5.74, 6) is -43.1. The van der Waals surface area contributed by atoms with Gasteiger partial charge in [0.15, 0.2) is 0 Å². The lowest BCUT2D eigenvalue weighted by atomic mass is 9.91. The van der Waals surface area contributed by atoms with E-state index in [9.17, 15) is 66.3 Å². The Hall–Kier alpha value is -1.63. The lowest BCUT2D eigenvalue weighted by Crippen LogP contribution is -2.68. The molecule has 1 unspecified atom stereocenters. The van der Waals surface area contributed by atoms with E-state index in [1.54, 1.807) is 4.90 Å². The summed E-state index contributed by atoms with van der Waals surface area (Å²) in [5.41, 5.74) is 0. The van der Waals surface area contributed by atoms with Crippen molar-refractivity contribution in [3.05, 3.63) is 0 Å². The average molecular weight is 581 g/mol. The van der Waals surface area contributed by atoms with Crippen LogP contribution in [0.5, 0.6) is 0 Å². The predicted molar refractivity (Wildman–Crippen MR) is 93.9 cm³/mol. The molecule has 1 rings (SSSR count). The average Bonchev–Trinajstić information content (AvgIpc) is 2.72. The Morgan fingerprint density at radius 1 is 0.838 bits per heavy atom. The third-order valence-electron chi connectivity index (χ3n) is 4.97. The van der Waals surface area contributed by atoms with Gasteiger partial charge in [-0.25, -0.2) is 17.6 Å². The summed E-state index contributed by atoms with van der Waals surface area (Å²) in [4.78, 5) is 12.7. The van der Waals surface area contributed by atoms with Crippen molar-refractivity contribution in [3.63, 3.8) is 0 Å². The van der Waals surface area contributed by atoms with Gasteiger partial charge in [0.1, 0.15) is 12.7 Å². The Morgan fingerprint density at radius 3 is 1.78 bits per heavy atom. The number of ether oxygens (including phenoxy) is 3. The number of nitrogens with zero attached hydrogens (tertiary/aromatic N) is 1. The van der Waals surface area contributed by atoms with Gasteiger partial charge in [-0.1, -0.05) is 0 Å². The maximum Gasteiger partial charge on any atom is 0.384 e. The van der Waals surface area contributed by atoms with Gasteiger partial charge < -0.3 is 14.2 Å². The van der Waals surface area contributed by atoms with Crippen molar-refractivity contribution in [3.8, 4) is 0 Å². The summed E-state index contributed by atoms with van der Waals surface area (Å²) < 4.78 is 201. The van der Waals surface area contributed by atoms with Crippen molar-refractivity contribution in [1.82, 2.24) is 4.90 Å². The normalized spacial score (nSPS) is 18.3. The summed E-state index contributed by atoms with van der Waals surface area (Å²) in [5, 5.41) is 0. The molecule has 1 aliphatic heterocycles. The Kier molecular flexibility index (Phi) is 10.5. The van der Waals surface area contributed by atoms with Crippen molar-refractivity contribution in [2.45, 2.75) is 61.4 Å². The third-order valence-corrected chi connectivity index (χ3v) is 4.97. The molecule has 0 aromatic rings. The molecule has 19 heteroatoms. The first kappa shape index (κ1) is 33.4. The summed E-state index contributed by atoms with van der Waals surface area (Å²) >= 11 is 0. The lowest BCUT2D eigenvalue weighted by Gasteiger charge is -2.40. The first-order valence-electron chi connectivity index (χ1n) is 10.1. The van der Waals surface area contributed by atoms with Crippen LogP contribution in [0.3, 0.4) is 0 Å². The molecule has 5 nitrogen and oxygen atoms in total. The van der Waals surface area contributed by atoms with Crippen LogP contribution in [0.4, 0.5) is 61.5 Å². The number of carbonyl (C=O) groups is 1. The van der Waals surface area contributed by atoms with E-state index < -0.39 is 73.7 Å². The van der Waals surface area contributed by atoms with Gasteiger partial charge in [-0.05, 0) is 0 Å². The van der Waals surface area contributed by atoms with Crippen LogP contribution in [0.25, 0.3) is 0 Å². The molecule has 0 saturated carbocycles. The number of rotatable bonds is 14. The number of hydrogen-bond donors (Lipinski definition) is 0. The molecule has 1 aliphatic rings. The van der Waals surface area contributed by atoms with Gasteiger partial charge in [0.25, 0.3) is 0 Å². The zero-order valence-corrected chi connectivity index (χ0v) is 18.7. The largest absolute Gasteiger partial charge is 0.459 e. The van der Waals surface area contributed by atoms with Gasteiger partial charge in [-0.15, -0.1) is 0 Å². The molecule has 1 heterocycles. The van der Waals surface area contributed by atoms with Gasteiger partial charge in [-0.2, -0.15) is 43.9 Å². The van der Waals surface area contributed by atoms with Crippen LogP contribution in [-0.2, 0) is 19.0 Å². The molecule has 1 fully saturated rings. The van der Waals surface area contributed by atoms with Crippen molar-refractivity contribution in [2.75, 3.05) is 46.1 Å². The highest BCUT2D eigenvalue weighted by molar-refractivity contribution is 5.66. The molecule has 0 aromatic carbocycles. The summed E-state index contributed by atoms with van der Waals surface area (Å²) in [7, 11) is 0. The zero-order chi connectivity index (χ0) is 29.1. The molecular weight excluding hydrogens is 560 g/mol. The minimum absolute atomic E-state index is 0.203. The molecule has 1 saturated heterocycles. The molecule has 0 aromatic heterocycles. The van der Waals surface area contributed by atoms with E-state index in [0.29, 0.717) is 0 Å². The first-order valence-corrected chi connectivity index (χ1v) is 10.1. The van der Waals surface area contributed by atoms with Crippen LogP contribution < -0.4 is 0 Å². The minimum atomic E-state index is -7.74. The molecular formula is C18H21F14NO4. The van der Waals surface area contributed by atoms with E-state index in [4.69, 9.17) is 9.47 Å². The Bertz CT molecular complexity index is 759. The second-order valence-electron chi connectivity index (χ2n) is 8.03. The summed E-state index contributed by atoms with van der Waals surface area (Å²) in [6.07, 6.45) is -10.6. The van der Waals surface area contributed by atoms with Gasteiger partial charge in [-0.3, -0.25) is 9.69 Å². The quantitative estimate of drug-likeness (QED) is 0.219. The highest BCUT2D eigenvalue weighted by atomic mass is 19.4. The van der Waals surface area contributed by atoms with Crippen molar-refractivity contribution in [1.29, 1.82) is 0 Å². The molecule has 220 valence electrons. The second-order valence-corrected chi connectivity index (χ2v) is 8.03. The molecule has 0 bridgehead atoms. The van der Waals surface area contributed by atoms with Crippen molar-refractivity contribution < 1.29 is 80.5 Å². The fourth-order valence-electron chi connectivity index (χ4n) is 2.98. The highest BCUT2D eigenvalue weighted by Gasteiger charge is 2.86. The molecule has 0 N–H and O–H groups in total. The van der Waals surface area contributed by atoms with E-state index >= 15 is 0 Å². The highest BCUT2D eigenvalue weighted by Crippen LogP contribution is 2.58. The SMILES string of the molecule is CC(=O)OC(COCC(F)(F)C(F)(F)C(F)(F)C(F)(F)C(F)(F)CC(F)(F)C(F)F)CN1CCOCC1. The monoisotopic (exact) mass is 581 g/mol. The van der Waals surface area contributed by atoms with Gasteiger partial charge in [0.05, 0.1) is 26.2 Å². The van der Waals surface area contributed by atoms with E-state index in [-0.39, 0.29) is 32.8 Å². The van der Waals surface area contributed by atoms with Crippen LogP contribution in [0, 0.1) is 0 Å². The van der Waals surface area contributed by atoms with Crippen LogP contribution >= 0.6 is 0 Å². The van der Waals surface area contributed by atoms with Crippen LogP contribution in [-0.4, -0.2) is 105 Å². The van der Waals surface area contributed by atoms with E-state index in [1.165, 1.54) is 0 Å². The summed E-state index contributed by atoms with van der Waals surface area (Å²) in [6.45, 7) is -2.46. The molecule has 0 radical (unpaired) electrons. The standard InChI is InChI=1S/C18H21F14NO4/c1-10(34)37-11(6-33-2-4-35-5-3-33)7-36-9-15(25,26)17(29,30)18(31,32)16(27,28)14(23,24)8-13(21,22)12(19)20/h11-12H,2-9H2,1H3. The fourth-order valence-corrected chi connectivity index (χ4v) is 2.98. The van der Waals surface area contributed by atoms with Crippen LogP contribution in [0.2, 0.25) is 0 Å². The molecule has 0 spiro atoms. The molecule has 1 atom stereocenters.